The summed E-state index contributed by atoms with van der Waals surface area (Å²) in [5, 5.41) is 3.70. The van der Waals surface area contributed by atoms with E-state index in [0.29, 0.717) is 27.8 Å². The van der Waals surface area contributed by atoms with Gasteiger partial charge in [0, 0.05) is 28.7 Å². The van der Waals surface area contributed by atoms with Gasteiger partial charge in [0.15, 0.2) is 11.5 Å². The summed E-state index contributed by atoms with van der Waals surface area (Å²) < 4.78 is 39.7. The fraction of sp³-hybridized carbons (Fsp3) is 0.333. The summed E-state index contributed by atoms with van der Waals surface area (Å²) >= 11 is 12.5. The molecular formula is C30H35Cl2N3O6S. The number of amides is 2. The van der Waals surface area contributed by atoms with E-state index >= 15 is 0 Å². The van der Waals surface area contributed by atoms with Gasteiger partial charge in [0.25, 0.3) is 10.0 Å². The van der Waals surface area contributed by atoms with E-state index in [1.807, 2.05) is 13.8 Å². The van der Waals surface area contributed by atoms with Crippen molar-refractivity contribution in [3.63, 3.8) is 0 Å². The number of halogens is 2. The molecule has 0 spiro atoms. The fourth-order valence-corrected chi connectivity index (χ4v) is 5.85. The Labute approximate surface area is 257 Å². The summed E-state index contributed by atoms with van der Waals surface area (Å²) in [6, 6.07) is 16.2. The molecule has 0 saturated carbocycles. The maximum atomic E-state index is 14.1. The lowest BCUT2D eigenvalue weighted by molar-refractivity contribution is -0.139. The van der Waals surface area contributed by atoms with E-state index in [-0.39, 0.29) is 34.8 Å². The molecular weight excluding hydrogens is 601 g/mol. The Kier molecular flexibility index (Phi) is 11.5. The Hall–Kier alpha value is -3.47. The predicted molar refractivity (Wildman–Crippen MR) is 165 cm³/mol. The van der Waals surface area contributed by atoms with Gasteiger partial charge in [0.05, 0.1) is 24.8 Å². The minimum Gasteiger partial charge on any atom is -0.493 e. The van der Waals surface area contributed by atoms with Gasteiger partial charge in [-0.15, -0.1) is 0 Å². The molecule has 1 N–H and O–H groups in total. The third-order valence-corrected chi connectivity index (χ3v) is 9.19. The zero-order chi connectivity index (χ0) is 31.0. The number of carbonyl (C=O) groups excluding carboxylic acids is 2. The average molecular weight is 637 g/mol. The predicted octanol–water partition coefficient (Wildman–Crippen LogP) is 5.54. The van der Waals surface area contributed by atoms with E-state index in [0.717, 1.165) is 4.31 Å². The Morgan fingerprint density at radius 3 is 2.17 bits per heavy atom. The molecule has 226 valence electrons. The molecule has 3 aromatic rings. The molecule has 0 bridgehead atoms. The molecule has 0 aliphatic rings. The number of sulfonamides is 1. The van der Waals surface area contributed by atoms with Crippen molar-refractivity contribution in [2.75, 3.05) is 25.1 Å². The van der Waals surface area contributed by atoms with E-state index in [9.17, 15) is 18.0 Å². The van der Waals surface area contributed by atoms with Crippen LogP contribution in [0.3, 0.4) is 0 Å². The molecule has 12 heteroatoms. The largest absolute Gasteiger partial charge is 0.493 e. The fourth-order valence-electron chi connectivity index (χ4n) is 4.10. The summed E-state index contributed by atoms with van der Waals surface area (Å²) in [4.78, 5) is 28.4. The lowest BCUT2D eigenvalue weighted by Gasteiger charge is -2.32. The number of hydrogen-bond donors (Lipinski definition) is 1. The maximum absolute atomic E-state index is 14.1. The summed E-state index contributed by atoms with van der Waals surface area (Å²) in [5.41, 5.74) is 0.813. The molecule has 0 aromatic heterocycles. The van der Waals surface area contributed by atoms with Crippen LogP contribution in [0.15, 0.2) is 71.6 Å². The van der Waals surface area contributed by atoms with Crippen LogP contribution in [0.5, 0.6) is 11.5 Å². The summed E-state index contributed by atoms with van der Waals surface area (Å²) in [5.74, 6) is -0.430. The van der Waals surface area contributed by atoms with Crippen molar-refractivity contribution in [3.05, 3.63) is 82.3 Å². The highest BCUT2D eigenvalue weighted by atomic mass is 35.5. The molecule has 2 atom stereocenters. The van der Waals surface area contributed by atoms with Crippen LogP contribution in [-0.4, -0.2) is 58.0 Å². The van der Waals surface area contributed by atoms with Gasteiger partial charge < -0.3 is 19.7 Å². The van der Waals surface area contributed by atoms with Crippen molar-refractivity contribution in [3.8, 4) is 11.5 Å². The second-order valence-electron chi connectivity index (χ2n) is 9.61. The SMILES string of the molecule is CC[C@@H](C)NC(=O)[C@H](C)N(Cc1ccccc1Cl)C(=O)CN(c1ccc(Cl)cc1)S(=O)(=O)c1ccc(OC)c(OC)c1. The zero-order valence-electron chi connectivity index (χ0n) is 24.1. The smallest absolute Gasteiger partial charge is 0.264 e. The topological polar surface area (TPSA) is 105 Å². The van der Waals surface area contributed by atoms with Gasteiger partial charge in [-0.05, 0) is 68.3 Å². The number of nitrogens with one attached hydrogen (secondary N) is 1. The number of benzene rings is 3. The van der Waals surface area contributed by atoms with Gasteiger partial charge in [-0.25, -0.2) is 8.42 Å². The lowest BCUT2D eigenvalue weighted by atomic mass is 10.1. The molecule has 0 radical (unpaired) electrons. The normalized spacial score (nSPS) is 12.6. The van der Waals surface area contributed by atoms with E-state index in [1.54, 1.807) is 31.2 Å². The Morgan fingerprint density at radius 2 is 1.57 bits per heavy atom. The highest BCUT2D eigenvalue weighted by molar-refractivity contribution is 7.92. The van der Waals surface area contributed by atoms with Crippen molar-refractivity contribution in [1.29, 1.82) is 0 Å². The molecule has 0 aliphatic carbocycles. The van der Waals surface area contributed by atoms with E-state index in [1.165, 1.54) is 61.6 Å². The Morgan fingerprint density at radius 1 is 0.929 bits per heavy atom. The summed E-state index contributed by atoms with van der Waals surface area (Å²) in [7, 11) is -1.49. The highest BCUT2D eigenvalue weighted by Crippen LogP contribution is 2.33. The number of ether oxygens (including phenoxy) is 2. The molecule has 0 unspecified atom stereocenters. The lowest BCUT2D eigenvalue weighted by Crippen LogP contribution is -2.52. The number of methoxy groups -OCH3 is 2. The minimum absolute atomic E-state index is 0.0154. The quantitative estimate of drug-likeness (QED) is 0.264. The van der Waals surface area contributed by atoms with Crippen LogP contribution in [0.25, 0.3) is 0 Å². The van der Waals surface area contributed by atoms with Crippen LogP contribution >= 0.6 is 23.2 Å². The van der Waals surface area contributed by atoms with Crippen molar-refractivity contribution in [2.24, 2.45) is 0 Å². The van der Waals surface area contributed by atoms with Gasteiger partial charge in [-0.1, -0.05) is 48.3 Å². The average Bonchev–Trinajstić information content (AvgIpc) is 2.98. The van der Waals surface area contributed by atoms with Crippen LogP contribution in [0.2, 0.25) is 10.0 Å². The van der Waals surface area contributed by atoms with Crippen LogP contribution in [0, 0.1) is 0 Å². The standard InChI is InChI=1S/C30H35Cl2N3O6S/c1-6-20(2)33-30(37)21(3)34(18-22-9-7-8-10-26(22)32)29(36)19-35(24-13-11-23(31)12-14-24)42(38,39)25-15-16-27(40-4)28(17-25)41-5/h7-17,20-21H,6,18-19H2,1-5H3,(H,33,37)/t20-,21+/m1/s1. The maximum Gasteiger partial charge on any atom is 0.264 e. The zero-order valence-corrected chi connectivity index (χ0v) is 26.5. The van der Waals surface area contributed by atoms with E-state index < -0.39 is 28.5 Å². The van der Waals surface area contributed by atoms with Crippen LogP contribution < -0.4 is 19.1 Å². The van der Waals surface area contributed by atoms with Crippen LogP contribution in [0.4, 0.5) is 5.69 Å². The molecule has 42 heavy (non-hydrogen) atoms. The highest BCUT2D eigenvalue weighted by Gasteiger charge is 2.33. The van der Waals surface area contributed by atoms with Gasteiger partial charge in [0.1, 0.15) is 12.6 Å². The molecule has 3 aromatic carbocycles. The van der Waals surface area contributed by atoms with Crippen molar-refractivity contribution in [2.45, 2.75) is 50.7 Å². The van der Waals surface area contributed by atoms with Gasteiger partial charge in [-0.3, -0.25) is 13.9 Å². The molecule has 3 rings (SSSR count). The molecule has 2 amide bonds. The molecule has 0 fully saturated rings. The molecule has 0 aliphatic heterocycles. The first kappa shape index (κ1) is 33.0. The molecule has 0 saturated heterocycles. The third kappa shape index (κ3) is 7.87. The Bertz CT molecular complexity index is 1500. The van der Waals surface area contributed by atoms with Crippen LogP contribution in [0.1, 0.15) is 32.8 Å². The van der Waals surface area contributed by atoms with Crippen molar-refractivity contribution >= 4 is 50.7 Å². The van der Waals surface area contributed by atoms with Crippen LogP contribution in [-0.2, 0) is 26.2 Å². The van der Waals surface area contributed by atoms with Crippen molar-refractivity contribution < 1.29 is 27.5 Å². The second-order valence-corrected chi connectivity index (χ2v) is 12.3. The van der Waals surface area contributed by atoms with Gasteiger partial charge in [-0.2, -0.15) is 0 Å². The first-order valence-electron chi connectivity index (χ1n) is 13.3. The summed E-state index contributed by atoms with van der Waals surface area (Å²) in [6.45, 7) is 4.78. The number of nitrogens with zero attached hydrogens (tertiary/aromatic N) is 2. The van der Waals surface area contributed by atoms with E-state index in [4.69, 9.17) is 32.7 Å². The number of rotatable bonds is 13. The monoisotopic (exact) mass is 635 g/mol. The number of hydrogen-bond acceptors (Lipinski definition) is 6. The molecule has 0 heterocycles. The van der Waals surface area contributed by atoms with Crippen molar-refractivity contribution in [1.82, 2.24) is 10.2 Å². The Balaban J connectivity index is 2.07. The minimum atomic E-state index is -4.32. The summed E-state index contributed by atoms with van der Waals surface area (Å²) in [6.07, 6.45) is 0.699. The number of anilines is 1. The van der Waals surface area contributed by atoms with E-state index in [2.05, 4.69) is 5.32 Å². The third-order valence-electron chi connectivity index (χ3n) is 6.80. The van der Waals surface area contributed by atoms with Gasteiger partial charge in [0.2, 0.25) is 11.8 Å². The number of carbonyl (C=O) groups is 2. The second kappa shape index (κ2) is 14.6. The molecule has 9 nitrogen and oxygen atoms in total. The first-order valence-corrected chi connectivity index (χ1v) is 15.5. The van der Waals surface area contributed by atoms with Gasteiger partial charge >= 0.3 is 0 Å². The first-order chi connectivity index (χ1) is 19.9.